The molecular formula is C13H26IN3O. The van der Waals surface area contributed by atoms with Gasteiger partial charge in [0.2, 0.25) is 0 Å². The summed E-state index contributed by atoms with van der Waals surface area (Å²) < 4.78 is 5.59. The van der Waals surface area contributed by atoms with Crippen LogP contribution in [0.4, 0.5) is 0 Å². The maximum atomic E-state index is 5.59. The highest BCUT2D eigenvalue weighted by Gasteiger charge is 2.18. The van der Waals surface area contributed by atoms with Crippen LogP contribution >= 0.6 is 24.0 Å². The number of aliphatic imine (C=N–C) groups is 1. The number of nitrogens with one attached hydrogen (secondary N) is 2. The molecule has 0 amide bonds. The van der Waals surface area contributed by atoms with Gasteiger partial charge in [0.1, 0.15) is 0 Å². The Balaban J connectivity index is 0.00000162. The molecule has 0 bridgehead atoms. The minimum absolute atomic E-state index is 0. The van der Waals surface area contributed by atoms with Gasteiger partial charge in [-0.05, 0) is 38.5 Å². The number of halogens is 1. The van der Waals surface area contributed by atoms with Gasteiger partial charge >= 0.3 is 0 Å². The van der Waals surface area contributed by atoms with Gasteiger partial charge in [-0.3, -0.25) is 4.99 Å². The molecule has 106 valence electrons. The number of ether oxygens (including phenoxy) is 1. The number of nitrogens with zero attached hydrogens (tertiary/aromatic N) is 1. The molecule has 1 atom stereocenters. The number of hydrogen-bond donors (Lipinski definition) is 2. The van der Waals surface area contributed by atoms with Gasteiger partial charge in [-0.2, -0.15) is 0 Å². The van der Waals surface area contributed by atoms with E-state index in [2.05, 4.69) is 22.5 Å². The minimum atomic E-state index is 0. The quantitative estimate of drug-likeness (QED) is 0.445. The summed E-state index contributed by atoms with van der Waals surface area (Å²) in [5.74, 6) is 1.78. The summed E-state index contributed by atoms with van der Waals surface area (Å²) in [7, 11) is 0. The average molecular weight is 367 g/mol. The molecule has 1 saturated heterocycles. The van der Waals surface area contributed by atoms with Gasteiger partial charge in [-0.25, -0.2) is 0 Å². The highest BCUT2D eigenvalue weighted by molar-refractivity contribution is 14.0. The molecule has 1 unspecified atom stereocenters. The molecule has 2 rings (SSSR count). The third kappa shape index (κ3) is 5.30. The van der Waals surface area contributed by atoms with E-state index in [-0.39, 0.29) is 24.0 Å². The van der Waals surface area contributed by atoms with Crippen molar-refractivity contribution in [1.29, 1.82) is 0 Å². The summed E-state index contributed by atoms with van der Waals surface area (Å²) >= 11 is 0. The first kappa shape index (κ1) is 16.0. The van der Waals surface area contributed by atoms with Crippen LogP contribution in [0, 0.1) is 5.92 Å². The number of guanidine groups is 1. The lowest BCUT2D eigenvalue weighted by Gasteiger charge is -2.24. The zero-order valence-electron chi connectivity index (χ0n) is 11.3. The Kier molecular flexibility index (Phi) is 7.97. The molecule has 1 saturated carbocycles. The van der Waals surface area contributed by atoms with Crippen molar-refractivity contribution in [1.82, 2.24) is 10.6 Å². The van der Waals surface area contributed by atoms with Crippen LogP contribution in [0.2, 0.25) is 0 Å². The topological polar surface area (TPSA) is 45.7 Å². The zero-order chi connectivity index (χ0) is 11.9. The van der Waals surface area contributed by atoms with E-state index in [1.165, 1.54) is 32.1 Å². The van der Waals surface area contributed by atoms with Crippen LogP contribution in [0.25, 0.3) is 0 Å². The van der Waals surface area contributed by atoms with E-state index in [0.29, 0.717) is 6.10 Å². The lowest BCUT2D eigenvalue weighted by Crippen LogP contribution is -2.41. The van der Waals surface area contributed by atoms with Crippen LogP contribution < -0.4 is 10.6 Å². The van der Waals surface area contributed by atoms with E-state index < -0.39 is 0 Å². The molecule has 0 aromatic heterocycles. The Morgan fingerprint density at radius 1 is 1.22 bits per heavy atom. The predicted molar refractivity (Wildman–Crippen MR) is 85.7 cm³/mol. The number of rotatable bonds is 5. The molecular weight excluding hydrogens is 341 g/mol. The van der Waals surface area contributed by atoms with Gasteiger partial charge in [0.15, 0.2) is 5.96 Å². The standard InChI is InChI=1S/C13H25N3O.HI/c1-2-14-13(15-9-11-5-3-6-11)16-10-12-7-4-8-17-12;/h11-12H,2-10H2,1H3,(H2,14,15,16);1H. The molecule has 2 fully saturated rings. The third-order valence-corrected chi connectivity index (χ3v) is 3.60. The molecule has 1 heterocycles. The second-order valence-electron chi connectivity index (χ2n) is 5.03. The van der Waals surface area contributed by atoms with E-state index in [0.717, 1.165) is 38.1 Å². The Labute approximate surface area is 127 Å². The first-order chi connectivity index (χ1) is 8.38. The smallest absolute Gasteiger partial charge is 0.191 e. The molecule has 1 aliphatic carbocycles. The normalized spacial score (nSPS) is 24.3. The molecule has 0 radical (unpaired) electrons. The van der Waals surface area contributed by atoms with Gasteiger partial charge in [0, 0.05) is 26.2 Å². The fourth-order valence-electron chi connectivity index (χ4n) is 2.25. The van der Waals surface area contributed by atoms with Gasteiger partial charge in [0.25, 0.3) is 0 Å². The molecule has 0 aromatic carbocycles. The van der Waals surface area contributed by atoms with Crippen molar-refractivity contribution in [2.75, 3.05) is 26.2 Å². The third-order valence-electron chi connectivity index (χ3n) is 3.60. The Morgan fingerprint density at radius 3 is 2.61 bits per heavy atom. The van der Waals surface area contributed by atoms with Crippen LogP contribution in [0.3, 0.4) is 0 Å². The van der Waals surface area contributed by atoms with Gasteiger partial charge in [-0.15, -0.1) is 24.0 Å². The van der Waals surface area contributed by atoms with Crippen molar-refractivity contribution < 1.29 is 4.74 Å². The lowest BCUT2D eigenvalue weighted by molar-refractivity contribution is 0.114. The van der Waals surface area contributed by atoms with Crippen LogP contribution in [-0.2, 0) is 4.74 Å². The van der Waals surface area contributed by atoms with Crippen LogP contribution in [0.5, 0.6) is 0 Å². The summed E-state index contributed by atoms with van der Waals surface area (Å²) in [5.41, 5.74) is 0. The largest absolute Gasteiger partial charge is 0.376 e. The maximum absolute atomic E-state index is 5.59. The highest BCUT2D eigenvalue weighted by Crippen LogP contribution is 2.26. The van der Waals surface area contributed by atoms with E-state index in [1.54, 1.807) is 0 Å². The summed E-state index contributed by atoms with van der Waals surface area (Å²) in [6.07, 6.45) is 6.85. The second kappa shape index (κ2) is 8.96. The summed E-state index contributed by atoms with van der Waals surface area (Å²) in [6, 6.07) is 0. The molecule has 18 heavy (non-hydrogen) atoms. The van der Waals surface area contributed by atoms with Crippen LogP contribution in [-0.4, -0.2) is 38.3 Å². The number of hydrogen-bond acceptors (Lipinski definition) is 2. The van der Waals surface area contributed by atoms with Crippen molar-refractivity contribution in [2.24, 2.45) is 10.9 Å². The lowest BCUT2D eigenvalue weighted by atomic mass is 9.86. The van der Waals surface area contributed by atoms with E-state index in [4.69, 9.17) is 4.74 Å². The molecule has 4 nitrogen and oxygen atoms in total. The van der Waals surface area contributed by atoms with Gasteiger partial charge in [-0.1, -0.05) is 6.42 Å². The SMILES string of the molecule is CCNC(=NCC1CCC1)NCC1CCCO1.I. The van der Waals surface area contributed by atoms with Crippen molar-refractivity contribution in [3.8, 4) is 0 Å². The molecule has 2 N–H and O–H groups in total. The fraction of sp³-hybridized carbons (Fsp3) is 0.923. The van der Waals surface area contributed by atoms with Crippen molar-refractivity contribution in [3.63, 3.8) is 0 Å². The Hall–Kier alpha value is -0.0400. The molecule has 5 heteroatoms. The summed E-state index contributed by atoms with van der Waals surface area (Å²) in [6.45, 7) is 5.80. The maximum Gasteiger partial charge on any atom is 0.191 e. The molecule has 0 aromatic rings. The fourth-order valence-corrected chi connectivity index (χ4v) is 2.25. The van der Waals surface area contributed by atoms with E-state index in [9.17, 15) is 0 Å². The van der Waals surface area contributed by atoms with Gasteiger partial charge < -0.3 is 15.4 Å². The summed E-state index contributed by atoms with van der Waals surface area (Å²) in [4.78, 5) is 4.64. The highest BCUT2D eigenvalue weighted by atomic mass is 127. The van der Waals surface area contributed by atoms with Gasteiger partial charge in [0.05, 0.1) is 6.10 Å². The summed E-state index contributed by atoms with van der Waals surface area (Å²) in [5, 5.41) is 6.67. The van der Waals surface area contributed by atoms with Crippen molar-refractivity contribution >= 4 is 29.9 Å². The first-order valence-electron chi connectivity index (χ1n) is 7.02. The van der Waals surface area contributed by atoms with Crippen LogP contribution in [0.15, 0.2) is 4.99 Å². The monoisotopic (exact) mass is 367 g/mol. The zero-order valence-corrected chi connectivity index (χ0v) is 13.6. The Morgan fingerprint density at radius 2 is 2.06 bits per heavy atom. The molecule has 0 spiro atoms. The van der Waals surface area contributed by atoms with Crippen molar-refractivity contribution in [2.45, 2.75) is 45.1 Å². The van der Waals surface area contributed by atoms with E-state index in [1.807, 2.05) is 0 Å². The minimum Gasteiger partial charge on any atom is -0.376 e. The predicted octanol–water partition coefficient (Wildman–Crippen LogP) is 2.14. The van der Waals surface area contributed by atoms with Crippen LogP contribution in [0.1, 0.15) is 39.0 Å². The Bertz CT molecular complexity index is 251. The molecule has 2 aliphatic rings. The second-order valence-corrected chi connectivity index (χ2v) is 5.03. The first-order valence-corrected chi connectivity index (χ1v) is 7.02. The average Bonchev–Trinajstić information content (AvgIpc) is 2.76. The van der Waals surface area contributed by atoms with E-state index >= 15 is 0 Å². The molecule has 1 aliphatic heterocycles. The van der Waals surface area contributed by atoms with Crippen molar-refractivity contribution in [3.05, 3.63) is 0 Å².